The monoisotopic (exact) mass is 284 g/mol. The van der Waals surface area contributed by atoms with Crippen molar-refractivity contribution >= 4 is 17.4 Å². The molecule has 108 valence electrons. The van der Waals surface area contributed by atoms with Gasteiger partial charge in [-0.25, -0.2) is 4.68 Å². The third kappa shape index (κ3) is 2.12. The van der Waals surface area contributed by atoms with Gasteiger partial charge in [-0.1, -0.05) is 0 Å². The number of nitrogens with one attached hydrogen (secondary N) is 2. The zero-order valence-corrected chi connectivity index (χ0v) is 11.6. The molecule has 0 spiro atoms. The predicted molar refractivity (Wildman–Crippen MR) is 78.9 cm³/mol. The Hall–Kier alpha value is -2.50. The van der Waals surface area contributed by atoms with Crippen LogP contribution in [0.1, 0.15) is 22.3 Å². The van der Waals surface area contributed by atoms with Gasteiger partial charge < -0.3 is 15.4 Å². The van der Waals surface area contributed by atoms with Crippen LogP contribution >= 0.6 is 0 Å². The zero-order valence-electron chi connectivity index (χ0n) is 11.6. The van der Waals surface area contributed by atoms with Gasteiger partial charge in [0.05, 0.1) is 12.8 Å². The van der Waals surface area contributed by atoms with Gasteiger partial charge >= 0.3 is 0 Å². The highest BCUT2D eigenvalue weighted by molar-refractivity contribution is 6.05. The summed E-state index contributed by atoms with van der Waals surface area (Å²) in [5, 5.41) is 10.5. The lowest BCUT2D eigenvalue weighted by molar-refractivity contribution is 0.102. The first-order valence-electron chi connectivity index (χ1n) is 7.18. The molecular formula is C15H16N4O2. The van der Waals surface area contributed by atoms with Crippen LogP contribution in [0, 0.1) is 0 Å². The van der Waals surface area contributed by atoms with Crippen molar-refractivity contribution in [1.29, 1.82) is 0 Å². The SMILES string of the molecule is O=C(Nc1cnn2c1NCCC2)c1ccc2c(c1)CCO2. The summed E-state index contributed by atoms with van der Waals surface area (Å²) in [6.45, 7) is 2.49. The van der Waals surface area contributed by atoms with Crippen molar-refractivity contribution in [3.8, 4) is 5.75 Å². The number of fused-ring (bicyclic) bond motifs is 2. The molecule has 6 nitrogen and oxygen atoms in total. The molecule has 0 radical (unpaired) electrons. The van der Waals surface area contributed by atoms with Crippen LogP contribution < -0.4 is 15.4 Å². The summed E-state index contributed by atoms with van der Waals surface area (Å²) in [4.78, 5) is 12.4. The van der Waals surface area contributed by atoms with Crippen LogP contribution in [0.2, 0.25) is 0 Å². The van der Waals surface area contributed by atoms with E-state index in [1.54, 1.807) is 12.3 Å². The summed E-state index contributed by atoms with van der Waals surface area (Å²) >= 11 is 0. The van der Waals surface area contributed by atoms with Crippen molar-refractivity contribution in [1.82, 2.24) is 9.78 Å². The molecule has 4 rings (SSSR count). The quantitative estimate of drug-likeness (QED) is 0.883. The normalized spacial score (nSPS) is 15.6. The summed E-state index contributed by atoms with van der Waals surface area (Å²) in [7, 11) is 0. The molecule has 0 saturated heterocycles. The summed E-state index contributed by atoms with van der Waals surface area (Å²) in [5.74, 6) is 1.66. The van der Waals surface area contributed by atoms with Crippen molar-refractivity contribution < 1.29 is 9.53 Å². The van der Waals surface area contributed by atoms with Crippen LogP contribution in [-0.4, -0.2) is 28.8 Å². The average molecular weight is 284 g/mol. The first-order valence-corrected chi connectivity index (χ1v) is 7.18. The molecule has 1 aromatic heterocycles. The number of aryl methyl sites for hydroxylation is 1. The minimum atomic E-state index is -0.118. The maximum Gasteiger partial charge on any atom is 0.255 e. The first kappa shape index (κ1) is 12.3. The second-order valence-corrected chi connectivity index (χ2v) is 5.29. The number of ether oxygens (including phenoxy) is 1. The number of nitrogens with zero attached hydrogens (tertiary/aromatic N) is 2. The van der Waals surface area contributed by atoms with E-state index in [4.69, 9.17) is 4.74 Å². The maximum absolute atomic E-state index is 12.4. The molecule has 0 atom stereocenters. The van der Waals surface area contributed by atoms with E-state index in [0.717, 1.165) is 48.7 Å². The molecule has 21 heavy (non-hydrogen) atoms. The molecule has 0 fully saturated rings. The van der Waals surface area contributed by atoms with Crippen LogP contribution in [-0.2, 0) is 13.0 Å². The minimum absolute atomic E-state index is 0.118. The molecule has 0 saturated carbocycles. The number of carbonyl (C=O) groups is 1. The second-order valence-electron chi connectivity index (χ2n) is 5.29. The number of amides is 1. The molecule has 0 bridgehead atoms. The summed E-state index contributed by atoms with van der Waals surface area (Å²) in [5.41, 5.74) is 2.48. The molecule has 2 aromatic rings. The number of rotatable bonds is 2. The molecule has 2 N–H and O–H groups in total. The van der Waals surface area contributed by atoms with Crippen LogP contribution in [0.3, 0.4) is 0 Å². The van der Waals surface area contributed by atoms with Gasteiger partial charge in [-0.05, 0) is 30.2 Å². The highest BCUT2D eigenvalue weighted by Gasteiger charge is 2.18. The van der Waals surface area contributed by atoms with Gasteiger partial charge in [0.25, 0.3) is 5.91 Å². The zero-order chi connectivity index (χ0) is 14.2. The van der Waals surface area contributed by atoms with E-state index in [0.29, 0.717) is 12.2 Å². The van der Waals surface area contributed by atoms with E-state index in [2.05, 4.69) is 15.7 Å². The van der Waals surface area contributed by atoms with Crippen LogP contribution in [0.5, 0.6) is 5.75 Å². The third-order valence-corrected chi connectivity index (χ3v) is 3.88. The summed E-state index contributed by atoms with van der Waals surface area (Å²) in [6, 6.07) is 5.56. The Morgan fingerprint density at radius 1 is 1.43 bits per heavy atom. The molecule has 3 heterocycles. The number of anilines is 2. The minimum Gasteiger partial charge on any atom is -0.493 e. The van der Waals surface area contributed by atoms with E-state index >= 15 is 0 Å². The topological polar surface area (TPSA) is 68.2 Å². The van der Waals surface area contributed by atoms with Crippen molar-refractivity contribution in [3.05, 3.63) is 35.5 Å². The molecule has 1 aromatic carbocycles. The van der Waals surface area contributed by atoms with E-state index in [-0.39, 0.29) is 5.91 Å². The molecule has 2 aliphatic rings. The maximum atomic E-state index is 12.4. The van der Waals surface area contributed by atoms with Gasteiger partial charge in [-0.3, -0.25) is 4.79 Å². The van der Waals surface area contributed by atoms with Gasteiger partial charge in [-0.2, -0.15) is 5.10 Å². The molecule has 1 amide bonds. The number of carbonyl (C=O) groups excluding carboxylic acids is 1. The Bertz CT molecular complexity index is 708. The first-order chi connectivity index (χ1) is 10.3. The Kier molecular flexibility index (Phi) is 2.80. The van der Waals surface area contributed by atoms with E-state index in [9.17, 15) is 4.79 Å². The lowest BCUT2D eigenvalue weighted by atomic mass is 10.1. The molecule has 6 heteroatoms. The van der Waals surface area contributed by atoms with Crippen LogP contribution in [0.15, 0.2) is 24.4 Å². The van der Waals surface area contributed by atoms with E-state index in [1.807, 2.05) is 16.8 Å². The van der Waals surface area contributed by atoms with Gasteiger partial charge in [0.15, 0.2) is 0 Å². The predicted octanol–water partition coefficient (Wildman–Crippen LogP) is 1.89. The van der Waals surface area contributed by atoms with Crippen molar-refractivity contribution in [2.24, 2.45) is 0 Å². The van der Waals surface area contributed by atoms with E-state index < -0.39 is 0 Å². The number of benzene rings is 1. The Balaban J connectivity index is 1.57. The van der Waals surface area contributed by atoms with Crippen molar-refractivity contribution in [3.63, 3.8) is 0 Å². The second kappa shape index (κ2) is 4.80. The molecule has 2 aliphatic heterocycles. The average Bonchev–Trinajstić information content (AvgIpc) is 3.13. The number of hydrogen-bond donors (Lipinski definition) is 2. The van der Waals surface area contributed by atoms with Crippen LogP contribution in [0.25, 0.3) is 0 Å². The van der Waals surface area contributed by atoms with E-state index in [1.165, 1.54) is 0 Å². The Morgan fingerprint density at radius 3 is 3.33 bits per heavy atom. The van der Waals surface area contributed by atoms with Gasteiger partial charge in [0.1, 0.15) is 17.3 Å². The lowest BCUT2D eigenvalue weighted by Gasteiger charge is -2.17. The number of aromatic nitrogens is 2. The fraction of sp³-hybridized carbons (Fsp3) is 0.333. The molecule has 0 unspecified atom stereocenters. The standard InChI is InChI=1S/C15H16N4O2/c20-15(11-2-3-13-10(8-11)4-7-21-13)18-12-9-17-19-6-1-5-16-14(12)19/h2-3,8-9,16H,1,4-7H2,(H,18,20). The fourth-order valence-corrected chi connectivity index (χ4v) is 2.79. The third-order valence-electron chi connectivity index (χ3n) is 3.88. The highest BCUT2D eigenvalue weighted by atomic mass is 16.5. The van der Waals surface area contributed by atoms with Crippen molar-refractivity contribution in [2.75, 3.05) is 23.8 Å². The van der Waals surface area contributed by atoms with Gasteiger partial charge in [-0.15, -0.1) is 0 Å². The molecular weight excluding hydrogens is 268 g/mol. The largest absolute Gasteiger partial charge is 0.493 e. The Labute approximate surface area is 122 Å². The van der Waals surface area contributed by atoms with Gasteiger partial charge in [0, 0.05) is 25.1 Å². The smallest absolute Gasteiger partial charge is 0.255 e. The molecule has 0 aliphatic carbocycles. The Morgan fingerprint density at radius 2 is 2.38 bits per heavy atom. The summed E-state index contributed by atoms with van der Waals surface area (Å²) in [6.07, 6.45) is 3.61. The summed E-state index contributed by atoms with van der Waals surface area (Å²) < 4.78 is 7.34. The number of hydrogen-bond acceptors (Lipinski definition) is 4. The van der Waals surface area contributed by atoms with Crippen LogP contribution in [0.4, 0.5) is 11.5 Å². The van der Waals surface area contributed by atoms with Gasteiger partial charge in [0.2, 0.25) is 0 Å². The van der Waals surface area contributed by atoms with Crippen molar-refractivity contribution in [2.45, 2.75) is 19.4 Å². The highest BCUT2D eigenvalue weighted by Crippen LogP contribution is 2.28. The lowest BCUT2D eigenvalue weighted by Crippen LogP contribution is -2.19. The fourth-order valence-electron chi connectivity index (χ4n) is 2.79.